The molecule has 0 bridgehead atoms. The van der Waals surface area contributed by atoms with Crippen LogP contribution in [0.4, 0.5) is 0 Å². The second kappa shape index (κ2) is 7.92. The average Bonchev–Trinajstić information content (AvgIpc) is 3.27. The van der Waals surface area contributed by atoms with Crippen molar-refractivity contribution in [2.45, 2.75) is 32.2 Å². The molecule has 1 aromatic carbocycles. The molecule has 7 heteroatoms. The molecule has 1 N–H and O–H groups in total. The monoisotopic (exact) mass is 342 g/mol. The van der Waals surface area contributed by atoms with Gasteiger partial charge in [-0.3, -0.25) is 9.48 Å². The number of carboxylic acid groups (broad SMARTS) is 1. The van der Waals surface area contributed by atoms with Gasteiger partial charge in [0, 0.05) is 26.1 Å². The minimum Gasteiger partial charge on any atom is -0.478 e. The highest BCUT2D eigenvalue weighted by Crippen LogP contribution is 2.22. The molecule has 0 unspecified atom stereocenters. The highest BCUT2D eigenvalue weighted by Gasteiger charge is 2.26. The smallest absolute Gasteiger partial charge is 0.335 e. The van der Waals surface area contributed by atoms with E-state index < -0.39 is 5.97 Å². The Kier molecular flexibility index (Phi) is 5.42. The largest absolute Gasteiger partial charge is 0.478 e. The molecule has 0 aliphatic carbocycles. The summed E-state index contributed by atoms with van der Waals surface area (Å²) < 4.78 is 1.73. The van der Waals surface area contributed by atoms with Crippen molar-refractivity contribution in [3.05, 3.63) is 48.0 Å². The third-order valence-corrected chi connectivity index (χ3v) is 4.58. The van der Waals surface area contributed by atoms with Crippen molar-refractivity contribution in [3.8, 4) is 0 Å². The van der Waals surface area contributed by atoms with Gasteiger partial charge in [-0.05, 0) is 42.9 Å². The molecule has 0 saturated carbocycles. The lowest BCUT2D eigenvalue weighted by atomic mass is 9.97. The molecule has 1 aliphatic rings. The predicted molar refractivity (Wildman–Crippen MR) is 91.0 cm³/mol. The molecule has 2 heterocycles. The number of carboxylic acids is 1. The van der Waals surface area contributed by atoms with E-state index in [1.807, 2.05) is 11.0 Å². The van der Waals surface area contributed by atoms with Gasteiger partial charge in [-0.15, -0.1) is 0 Å². The van der Waals surface area contributed by atoms with Crippen molar-refractivity contribution >= 4 is 11.9 Å². The molecule has 25 heavy (non-hydrogen) atoms. The highest BCUT2D eigenvalue weighted by atomic mass is 16.4. The van der Waals surface area contributed by atoms with Gasteiger partial charge in [-0.25, -0.2) is 9.78 Å². The third-order valence-electron chi connectivity index (χ3n) is 4.58. The summed E-state index contributed by atoms with van der Waals surface area (Å²) in [7, 11) is 0. The first-order valence-electron chi connectivity index (χ1n) is 8.54. The topological polar surface area (TPSA) is 88.3 Å². The molecule has 1 saturated heterocycles. The van der Waals surface area contributed by atoms with Crippen molar-refractivity contribution in [2.75, 3.05) is 13.1 Å². The summed E-state index contributed by atoms with van der Waals surface area (Å²) >= 11 is 0. The van der Waals surface area contributed by atoms with Crippen LogP contribution in [0.1, 0.15) is 35.2 Å². The number of carbonyl (C=O) groups is 2. The highest BCUT2D eigenvalue weighted by molar-refractivity contribution is 5.87. The molecule has 132 valence electrons. The Bertz CT molecular complexity index is 730. The first-order chi connectivity index (χ1) is 12.1. The number of aromatic nitrogens is 3. The van der Waals surface area contributed by atoms with E-state index in [9.17, 15) is 9.59 Å². The van der Waals surface area contributed by atoms with Crippen LogP contribution < -0.4 is 0 Å². The van der Waals surface area contributed by atoms with Crippen LogP contribution in [0.3, 0.4) is 0 Å². The molecule has 2 aromatic rings. The van der Waals surface area contributed by atoms with Crippen molar-refractivity contribution in [1.82, 2.24) is 19.7 Å². The minimum atomic E-state index is -0.905. The summed E-state index contributed by atoms with van der Waals surface area (Å²) in [4.78, 5) is 29.2. The van der Waals surface area contributed by atoms with Crippen molar-refractivity contribution in [1.29, 1.82) is 0 Å². The Labute approximate surface area is 146 Å². The number of carbonyl (C=O) groups excluding carboxylic acids is 1. The first kappa shape index (κ1) is 17.1. The van der Waals surface area contributed by atoms with Gasteiger partial charge in [0.15, 0.2) is 0 Å². The number of likely N-dealkylation sites (tertiary alicyclic amines) is 1. The Hall–Kier alpha value is -2.70. The first-order valence-corrected chi connectivity index (χ1v) is 8.54. The fourth-order valence-corrected chi connectivity index (χ4v) is 3.29. The summed E-state index contributed by atoms with van der Waals surface area (Å²) in [5, 5.41) is 13.1. The molecule has 0 spiro atoms. The van der Waals surface area contributed by atoms with Gasteiger partial charge >= 0.3 is 5.97 Å². The second-order valence-electron chi connectivity index (χ2n) is 6.47. The van der Waals surface area contributed by atoms with Gasteiger partial charge in [0.1, 0.15) is 12.7 Å². The van der Waals surface area contributed by atoms with E-state index >= 15 is 0 Å². The Morgan fingerprint density at radius 3 is 2.96 bits per heavy atom. The molecule has 0 radical (unpaired) electrons. The van der Waals surface area contributed by atoms with Crippen LogP contribution in [-0.4, -0.2) is 49.7 Å². The quantitative estimate of drug-likeness (QED) is 0.829. The SMILES string of the molecule is O=C(O)c1cccc(C[C@@H]2CCN(C(=O)CCCn3cncn3)C2)c1. The number of hydrogen-bond donors (Lipinski definition) is 1. The average molecular weight is 342 g/mol. The van der Waals surface area contributed by atoms with Gasteiger partial charge in [0.05, 0.1) is 5.56 Å². The van der Waals surface area contributed by atoms with Gasteiger partial charge in [-0.2, -0.15) is 5.10 Å². The molecule has 1 amide bonds. The molecule has 1 atom stereocenters. The second-order valence-corrected chi connectivity index (χ2v) is 6.47. The number of rotatable bonds is 7. The van der Waals surface area contributed by atoms with E-state index in [1.54, 1.807) is 29.2 Å². The summed E-state index contributed by atoms with van der Waals surface area (Å²) in [5.74, 6) is -0.331. The van der Waals surface area contributed by atoms with Crippen LogP contribution in [-0.2, 0) is 17.8 Å². The third kappa shape index (κ3) is 4.65. The Morgan fingerprint density at radius 1 is 1.32 bits per heavy atom. The maximum Gasteiger partial charge on any atom is 0.335 e. The van der Waals surface area contributed by atoms with E-state index in [0.717, 1.165) is 37.9 Å². The maximum absolute atomic E-state index is 12.3. The zero-order chi connectivity index (χ0) is 17.6. The minimum absolute atomic E-state index is 0.182. The summed E-state index contributed by atoms with van der Waals surface area (Å²) in [6, 6.07) is 7.06. The molecule has 1 fully saturated rings. The maximum atomic E-state index is 12.3. The number of aryl methyl sites for hydroxylation is 1. The summed E-state index contributed by atoms with van der Waals surface area (Å²) in [6.45, 7) is 2.23. The molecule has 3 rings (SSSR count). The van der Waals surface area contributed by atoms with Crippen LogP contribution in [0.15, 0.2) is 36.9 Å². The van der Waals surface area contributed by atoms with Crippen molar-refractivity contribution in [2.24, 2.45) is 5.92 Å². The zero-order valence-electron chi connectivity index (χ0n) is 14.0. The van der Waals surface area contributed by atoms with E-state index in [1.165, 1.54) is 6.33 Å². The predicted octanol–water partition coefficient (Wildman–Crippen LogP) is 1.85. The van der Waals surface area contributed by atoms with Crippen LogP contribution in [0, 0.1) is 5.92 Å². The molecule has 1 aliphatic heterocycles. The van der Waals surface area contributed by atoms with Crippen LogP contribution in [0.5, 0.6) is 0 Å². The number of nitrogens with zero attached hydrogens (tertiary/aromatic N) is 4. The summed E-state index contributed by atoms with van der Waals surface area (Å²) in [5.41, 5.74) is 1.34. The van der Waals surface area contributed by atoms with E-state index in [-0.39, 0.29) is 5.91 Å². The normalized spacial score (nSPS) is 17.0. The van der Waals surface area contributed by atoms with Crippen LogP contribution in [0.25, 0.3) is 0 Å². The Balaban J connectivity index is 1.45. The molecule has 1 aromatic heterocycles. The number of aromatic carboxylic acids is 1. The Morgan fingerprint density at radius 2 is 2.20 bits per heavy atom. The number of benzene rings is 1. The van der Waals surface area contributed by atoms with Crippen LogP contribution >= 0.6 is 0 Å². The van der Waals surface area contributed by atoms with Crippen molar-refractivity contribution in [3.63, 3.8) is 0 Å². The van der Waals surface area contributed by atoms with E-state index in [4.69, 9.17) is 5.11 Å². The van der Waals surface area contributed by atoms with E-state index in [0.29, 0.717) is 24.4 Å². The van der Waals surface area contributed by atoms with Crippen molar-refractivity contribution < 1.29 is 14.7 Å². The lowest BCUT2D eigenvalue weighted by Crippen LogP contribution is -2.29. The fraction of sp³-hybridized carbons (Fsp3) is 0.444. The lowest BCUT2D eigenvalue weighted by Gasteiger charge is -2.16. The van der Waals surface area contributed by atoms with Gasteiger partial charge < -0.3 is 10.0 Å². The lowest BCUT2D eigenvalue weighted by molar-refractivity contribution is -0.130. The summed E-state index contributed by atoms with van der Waals surface area (Å²) in [6.07, 6.45) is 6.19. The van der Waals surface area contributed by atoms with E-state index in [2.05, 4.69) is 10.1 Å². The number of amides is 1. The van der Waals surface area contributed by atoms with Crippen LogP contribution in [0.2, 0.25) is 0 Å². The van der Waals surface area contributed by atoms with Gasteiger partial charge in [0.25, 0.3) is 0 Å². The van der Waals surface area contributed by atoms with Gasteiger partial charge in [-0.1, -0.05) is 12.1 Å². The molecular weight excluding hydrogens is 320 g/mol. The zero-order valence-corrected chi connectivity index (χ0v) is 14.0. The molecule has 7 nitrogen and oxygen atoms in total. The fourth-order valence-electron chi connectivity index (χ4n) is 3.29. The van der Waals surface area contributed by atoms with Gasteiger partial charge in [0.2, 0.25) is 5.91 Å². The molecular formula is C18H22N4O3. The standard InChI is InChI=1S/C18H22N4O3/c23-17(5-2-7-22-13-19-12-20-22)21-8-6-15(11-21)9-14-3-1-4-16(10-14)18(24)25/h1,3-4,10,12-13,15H,2,5-9,11H2,(H,24,25)/t15-/m0/s1. The number of hydrogen-bond acceptors (Lipinski definition) is 4.